The van der Waals surface area contributed by atoms with Crippen LogP contribution in [0.1, 0.15) is 22.5 Å². The van der Waals surface area contributed by atoms with E-state index < -0.39 is 11.9 Å². The molecule has 1 saturated heterocycles. The van der Waals surface area contributed by atoms with Gasteiger partial charge < -0.3 is 9.88 Å². The van der Waals surface area contributed by atoms with Gasteiger partial charge in [0.25, 0.3) is 5.91 Å². The number of aromatic nitrogens is 1. The molecule has 1 fully saturated rings. The van der Waals surface area contributed by atoms with Crippen LogP contribution in [0.5, 0.6) is 0 Å². The Bertz CT molecular complexity index is 1180. The van der Waals surface area contributed by atoms with Gasteiger partial charge >= 0.3 is 6.03 Å². The number of benzene rings is 2. The molecule has 5 nitrogen and oxygen atoms in total. The Kier molecular flexibility index (Phi) is 5.30. The highest BCUT2D eigenvalue weighted by molar-refractivity contribution is 9.10. The number of imide groups is 1. The van der Waals surface area contributed by atoms with Crippen LogP contribution < -0.4 is 5.32 Å². The summed E-state index contributed by atoms with van der Waals surface area (Å²) in [6, 6.07) is 15.1. The highest BCUT2D eigenvalue weighted by Gasteiger charge is 2.33. The molecule has 1 N–H and O–H groups in total. The standard InChI is InChI=1S/C23H19BrFN3O2/c1-14-11-17(15(2)28(14)21-6-4-3-5-19(21)24)12-20-22(29)27(23(30)26-20)13-16-7-9-18(25)10-8-16/h3-12H,13H2,1-2H3,(H,26,30)/b20-12+. The summed E-state index contributed by atoms with van der Waals surface area (Å²) >= 11 is 3.58. The van der Waals surface area contributed by atoms with Gasteiger partial charge in [0.15, 0.2) is 0 Å². The molecule has 30 heavy (non-hydrogen) atoms. The molecule has 0 aliphatic carbocycles. The highest BCUT2D eigenvalue weighted by Crippen LogP contribution is 2.28. The Morgan fingerprint density at radius 3 is 2.47 bits per heavy atom. The minimum atomic E-state index is -0.491. The second-order valence-corrected chi connectivity index (χ2v) is 7.97. The van der Waals surface area contributed by atoms with Gasteiger partial charge in [-0.1, -0.05) is 24.3 Å². The number of hydrogen-bond donors (Lipinski definition) is 1. The lowest BCUT2D eigenvalue weighted by Gasteiger charge is -2.12. The molecule has 7 heteroatoms. The van der Waals surface area contributed by atoms with Crippen molar-refractivity contribution < 1.29 is 14.0 Å². The van der Waals surface area contributed by atoms with Crippen LogP contribution in [0.15, 0.2) is 64.8 Å². The maximum Gasteiger partial charge on any atom is 0.329 e. The number of rotatable bonds is 4. The third-order valence-corrected chi connectivity index (χ3v) is 5.75. The van der Waals surface area contributed by atoms with E-state index in [2.05, 4.69) is 25.8 Å². The van der Waals surface area contributed by atoms with Crippen LogP contribution in [0.2, 0.25) is 0 Å². The number of nitrogens with one attached hydrogen (secondary N) is 1. The summed E-state index contributed by atoms with van der Waals surface area (Å²) in [7, 11) is 0. The lowest BCUT2D eigenvalue weighted by Crippen LogP contribution is -2.30. The third-order valence-electron chi connectivity index (χ3n) is 5.08. The van der Waals surface area contributed by atoms with Crippen LogP contribution in [0, 0.1) is 19.7 Å². The van der Waals surface area contributed by atoms with Crippen LogP contribution in [0.4, 0.5) is 9.18 Å². The number of amides is 3. The number of nitrogens with zero attached hydrogens (tertiary/aromatic N) is 2. The third kappa shape index (κ3) is 3.68. The first-order valence-electron chi connectivity index (χ1n) is 9.38. The average molecular weight is 468 g/mol. The zero-order chi connectivity index (χ0) is 21.4. The largest absolute Gasteiger partial charge is 0.329 e. The van der Waals surface area contributed by atoms with Crippen LogP contribution >= 0.6 is 15.9 Å². The topological polar surface area (TPSA) is 54.3 Å². The van der Waals surface area contributed by atoms with Gasteiger partial charge in [-0.3, -0.25) is 9.69 Å². The first-order valence-corrected chi connectivity index (χ1v) is 10.2. The van der Waals surface area contributed by atoms with E-state index >= 15 is 0 Å². The molecule has 1 aromatic heterocycles. The molecule has 0 unspecified atom stereocenters. The average Bonchev–Trinajstić information content (AvgIpc) is 3.14. The Morgan fingerprint density at radius 2 is 1.77 bits per heavy atom. The molecule has 152 valence electrons. The van der Waals surface area contributed by atoms with Crippen molar-refractivity contribution in [3.8, 4) is 5.69 Å². The highest BCUT2D eigenvalue weighted by atomic mass is 79.9. The fraction of sp³-hybridized carbons (Fsp3) is 0.130. The Balaban J connectivity index is 1.63. The fourth-order valence-corrected chi connectivity index (χ4v) is 4.04. The summed E-state index contributed by atoms with van der Waals surface area (Å²) in [6.45, 7) is 4.04. The number of hydrogen-bond acceptors (Lipinski definition) is 2. The van der Waals surface area contributed by atoms with Crippen LogP contribution in [0.3, 0.4) is 0 Å². The lowest BCUT2D eigenvalue weighted by molar-refractivity contribution is -0.123. The van der Waals surface area contributed by atoms with Crippen LogP contribution in [-0.4, -0.2) is 21.4 Å². The SMILES string of the molecule is Cc1cc(/C=C2/NC(=O)N(Cc3ccc(F)cc3)C2=O)c(C)n1-c1ccccc1Br. The monoisotopic (exact) mass is 467 g/mol. The van der Waals surface area contributed by atoms with Crippen molar-refractivity contribution in [1.29, 1.82) is 0 Å². The molecule has 3 aromatic rings. The van der Waals surface area contributed by atoms with Gasteiger partial charge in [0.2, 0.25) is 0 Å². The van der Waals surface area contributed by atoms with E-state index in [1.54, 1.807) is 18.2 Å². The van der Waals surface area contributed by atoms with E-state index in [0.29, 0.717) is 5.56 Å². The molecular weight excluding hydrogens is 449 g/mol. The molecule has 0 bridgehead atoms. The smallest absolute Gasteiger partial charge is 0.317 e. The number of urea groups is 1. The Hall–Kier alpha value is -3.19. The van der Waals surface area contributed by atoms with Gasteiger partial charge in [-0.2, -0.15) is 0 Å². The minimum absolute atomic E-state index is 0.0816. The molecule has 0 atom stereocenters. The van der Waals surface area contributed by atoms with Crippen molar-refractivity contribution in [2.75, 3.05) is 0 Å². The van der Waals surface area contributed by atoms with Gasteiger partial charge in [-0.25, -0.2) is 9.18 Å². The molecule has 0 radical (unpaired) electrons. The molecular formula is C23H19BrFN3O2. The number of carbonyl (C=O) groups excluding carboxylic acids is 2. The van der Waals surface area contributed by atoms with Gasteiger partial charge in [0.1, 0.15) is 11.5 Å². The zero-order valence-corrected chi connectivity index (χ0v) is 18.0. The lowest BCUT2D eigenvalue weighted by atomic mass is 10.2. The predicted molar refractivity (Wildman–Crippen MR) is 116 cm³/mol. The maximum absolute atomic E-state index is 13.1. The van der Waals surface area contributed by atoms with E-state index in [1.165, 1.54) is 12.1 Å². The second-order valence-electron chi connectivity index (χ2n) is 7.12. The molecule has 0 saturated carbocycles. The molecule has 2 aromatic carbocycles. The summed E-state index contributed by atoms with van der Waals surface area (Å²) in [5.74, 6) is -0.771. The van der Waals surface area contributed by atoms with E-state index in [1.807, 2.05) is 44.2 Å². The normalized spacial score (nSPS) is 15.2. The zero-order valence-electron chi connectivity index (χ0n) is 16.4. The van der Waals surface area contributed by atoms with Crippen LogP contribution in [0.25, 0.3) is 11.8 Å². The summed E-state index contributed by atoms with van der Waals surface area (Å²) in [4.78, 5) is 26.3. The summed E-state index contributed by atoms with van der Waals surface area (Å²) < 4.78 is 16.2. The Labute approximate surface area is 181 Å². The van der Waals surface area contributed by atoms with Gasteiger partial charge in [-0.05, 0) is 77.3 Å². The first-order chi connectivity index (χ1) is 14.3. The van der Waals surface area contributed by atoms with Gasteiger partial charge in [0.05, 0.1) is 12.2 Å². The second kappa shape index (κ2) is 7.91. The van der Waals surface area contributed by atoms with E-state index in [-0.39, 0.29) is 18.1 Å². The molecule has 4 rings (SSSR count). The molecule has 1 aliphatic rings. The predicted octanol–water partition coefficient (Wildman–Crippen LogP) is 5.09. The quantitative estimate of drug-likeness (QED) is 0.429. The van der Waals surface area contributed by atoms with E-state index in [4.69, 9.17) is 0 Å². The minimum Gasteiger partial charge on any atom is -0.317 e. The van der Waals surface area contributed by atoms with E-state index in [9.17, 15) is 14.0 Å². The van der Waals surface area contributed by atoms with Crippen molar-refractivity contribution >= 4 is 33.9 Å². The van der Waals surface area contributed by atoms with Crippen LogP contribution in [-0.2, 0) is 11.3 Å². The van der Waals surface area contributed by atoms with Crippen molar-refractivity contribution in [1.82, 2.24) is 14.8 Å². The molecule has 1 aliphatic heterocycles. The summed E-state index contributed by atoms with van der Waals surface area (Å²) in [5.41, 5.74) is 4.69. The van der Waals surface area contributed by atoms with Crippen molar-refractivity contribution in [2.45, 2.75) is 20.4 Å². The van der Waals surface area contributed by atoms with Crippen molar-refractivity contribution in [2.24, 2.45) is 0 Å². The summed E-state index contributed by atoms with van der Waals surface area (Å²) in [6.07, 6.45) is 1.70. The van der Waals surface area contributed by atoms with Crippen molar-refractivity contribution in [3.63, 3.8) is 0 Å². The number of carbonyl (C=O) groups is 2. The maximum atomic E-state index is 13.1. The number of para-hydroxylation sites is 1. The molecule has 0 spiro atoms. The Morgan fingerprint density at radius 1 is 1.07 bits per heavy atom. The number of aryl methyl sites for hydroxylation is 1. The molecule has 3 amide bonds. The summed E-state index contributed by atoms with van der Waals surface area (Å²) in [5, 5.41) is 2.65. The van der Waals surface area contributed by atoms with E-state index in [0.717, 1.165) is 32.0 Å². The number of halogens is 2. The fourth-order valence-electron chi connectivity index (χ4n) is 3.58. The van der Waals surface area contributed by atoms with Gasteiger partial charge in [-0.15, -0.1) is 0 Å². The van der Waals surface area contributed by atoms with Crippen molar-refractivity contribution in [3.05, 3.63) is 93.1 Å². The molecule has 2 heterocycles. The van der Waals surface area contributed by atoms with Gasteiger partial charge in [0, 0.05) is 15.9 Å². The first kappa shape index (κ1) is 20.1.